The lowest BCUT2D eigenvalue weighted by Crippen LogP contribution is -2.50. The molecular weight excluding hydrogens is 442 g/mol. The van der Waals surface area contributed by atoms with E-state index < -0.39 is 0 Å². The van der Waals surface area contributed by atoms with Gasteiger partial charge in [0.05, 0.1) is 12.5 Å². The van der Waals surface area contributed by atoms with E-state index in [1.54, 1.807) is 4.90 Å². The van der Waals surface area contributed by atoms with E-state index in [0.29, 0.717) is 37.9 Å². The molecule has 0 bridgehead atoms. The van der Waals surface area contributed by atoms with Gasteiger partial charge in [-0.15, -0.1) is 0 Å². The van der Waals surface area contributed by atoms with Crippen molar-refractivity contribution in [2.24, 2.45) is 5.92 Å². The van der Waals surface area contributed by atoms with Gasteiger partial charge in [-0.1, -0.05) is 54.5 Å². The molecule has 2 aromatic carbocycles. The van der Waals surface area contributed by atoms with E-state index in [2.05, 4.69) is 22.0 Å². The van der Waals surface area contributed by atoms with E-state index in [-0.39, 0.29) is 24.2 Å². The molecule has 3 aromatic rings. The molecule has 2 aliphatic heterocycles. The first-order valence-electron chi connectivity index (χ1n) is 12.3. The highest BCUT2D eigenvalue weighted by Crippen LogP contribution is 2.29. The summed E-state index contributed by atoms with van der Waals surface area (Å²) in [6.45, 7) is 7.86. The molecule has 1 unspecified atom stereocenters. The summed E-state index contributed by atoms with van der Waals surface area (Å²) in [4.78, 5) is 36.5. The van der Waals surface area contributed by atoms with Crippen molar-refractivity contribution in [3.8, 4) is 11.4 Å². The standard InChI is InChI=1S/C27H31N5O3/c1-3-20-9-5-7-11-23(20)32-17-21(16-25(32)33)27(34)31-14-12-30(13-15-31)18-24-28-26(29-35-24)22-10-6-4-8-19(22)2/h4-11,21H,3,12-18H2,1-2H3. The Morgan fingerprint density at radius 3 is 2.57 bits per heavy atom. The molecule has 182 valence electrons. The Hall–Kier alpha value is -3.52. The maximum Gasteiger partial charge on any atom is 0.241 e. The lowest BCUT2D eigenvalue weighted by Gasteiger charge is -2.35. The van der Waals surface area contributed by atoms with Crippen LogP contribution in [0.4, 0.5) is 5.69 Å². The number of hydrogen-bond acceptors (Lipinski definition) is 6. The van der Waals surface area contributed by atoms with Gasteiger partial charge in [-0.25, -0.2) is 0 Å². The third kappa shape index (κ3) is 4.84. The number of aromatic nitrogens is 2. The van der Waals surface area contributed by atoms with E-state index in [4.69, 9.17) is 4.52 Å². The van der Waals surface area contributed by atoms with Crippen LogP contribution in [0.3, 0.4) is 0 Å². The van der Waals surface area contributed by atoms with Crippen molar-refractivity contribution in [2.45, 2.75) is 33.2 Å². The molecule has 3 heterocycles. The van der Waals surface area contributed by atoms with Gasteiger partial charge in [0.2, 0.25) is 23.5 Å². The average molecular weight is 474 g/mol. The number of aryl methyl sites for hydroxylation is 2. The Balaban J connectivity index is 1.16. The van der Waals surface area contributed by atoms with E-state index in [9.17, 15) is 9.59 Å². The quantitative estimate of drug-likeness (QED) is 0.546. The predicted octanol–water partition coefficient (Wildman–Crippen LogP) is 3.30. The number of amides is 2. The second kappa shape index (κ2) is 10.00. The monoisotopic (exact) mass is 473 g/mol. The molecule has 0 spiro atoms. The van der Waals surface area contributed by atoms with Crippen molar-refractivity contribution < 1.29 is 14.1 Å². The molecule has 8 nitrogen and oxygen atoms in total. The Morgan fingerprint density at radius 2 is 1.80 bits per heavy atom. The third-order valence-electron chi connectivity index (χ3n) is 7.03. The fourth-order valence-corrected chi connectivity index (χ4v) is 5.01. The molecule has 2 aliphatic rings. The summed E-state index contributed by atoms with van der Waals surface area (Å²) in [6, 6.07) is 15.9. The van der Waals surface area contributed by atoms with Crippen molar-refractivity contribution in [3.05, 3.63) is 65.5 Å². The summed E-state index contributed by atoms with van der Waals surface area (Å²) in [7, 11) is 0. The highest BCUT2D eigenvalue weighted by atomic mass is 16.5. The van der Waals surface area contributed by atoms with Crippen LogP contribution in [0.5, 0.6) is 0 Å². The number of anilines is 1. The van der Waals surface area contributed by atoms with Crippen molar-refractivity contribution in [3.63, 3.8) is 0 Å². The summed E-state index contributed by atoms with van der Waals surface area (Å²) < 4.78 is 5.49. The summed E-state index contributed by atoms with van der Waals surface area (Å²) >= 11 is 0. The smallest absolute Gasteiger partial charge is 0.241 e. The average Bonchev–Trinajstić information content (AvgIpc) is 3.51. The van der Waals surface area contributed by atoms with Crippen LogP contribution in [0.15, 0.2) is 53.1 Å². The molecule has 8 heteroatoms. The summed E-state index contributed by atoms with van der Waals surface area (Å²) in [5, 5.41) is 4.15. The van der Waals surface area contributed by atoms with Gasteiger partial charge in [-0.3, -0.25) is 14.5 Å². The van der Waals surface area contributed by atoms with Crippen LogP contribution in [0.1, 0.15) is 30.4 Å². The molecule has 5 rings (SSSR count). The molecule has 1 atom stereocenters. The first-order valence-corrected chi connectivity index (χ1v) is 12.3. The fraction of sp³-hybridized carbons (Fsp3) is 0.407. The predicted molar refractivity (Wildman–Crippen MR) is 133 cm³/mol. The van der Waals surface area contributed by atoms with Gasteiger partial charge in [-0.2, -0.15) is 4.98 Å². The maximum atomic E-state index is 13.2. The zero-order chi connectivity index (χ0) is 24.4. The van der Waals surface area contributed by atoms with Crippen LogP contribution in [-0.4, -0.2) is 64.5 Å². The lowest BCUT2D eigenvalue weighted by atomic mass is 10.1. The summed E-state index contributed by atoms with van der Waals surface area (Å²) in [5.41, 5.74) is 4.15. The molecule has 2 amide bonds. The summed E-state index contributed by atoms with van der Waals surface area (Å²) in [6.07, 6.45) is 1.13. The number of carbonyl (C=O) groups excluding carboxylic acids is 2. The highest BCUT2D eigenvalue weighted by molar-refractivity contribution is 6.00. The Morgan fingerprint density at radius 1 is 1.06 bits per heavy atom. The number of carbonyl (C=O) groups is 2. The summed E-state index contributed by atoms with van der Waals surface area (Å²) in [5.74, 6) is 1.01. The van der Waals surface area contributed by atoms with Crippen LogP contribution in [0, 0.1) is 12.8 Å². The van der Waals surface area contributed by atoms with Crippen LogP contribution < -0.4 is 4.90 Å². The molecule has 0 saturated carbocycles. The molecular formula is C27H31N5O3. The SMILES string of the molecule is CCc1ccccc1N1CC(C(=O)N2CCN(Cc3nc(-c4ccccc4C)no3)CC2)CC1=O. The lowest BCUT2D eigenvalue weighted by molar-refractivity contribution is -0.137. The van der Waals surface area contributed by atoms with Crippen LogP contribution in [0.25, 0.3) is 11.4 Å². The van der Waals surface area contributed by atoms with Gasteiger partial charge in [0.15, 0.2) is 0 Å². The van der Waals surface area contributed by atoms with E-state index >= 15 is 0 Å². The van der Waals surface area contributed by atoms with Gasteiger partial charge in [0, 0.05) is 50.4 Å². The minimum absolute atomic E-state index is 0.0312. The van der Waals surface area contributed by atoms with E-state index in [1.165, 1.54) is 0 Å². The second-order valence-corrected chi connectivity index (χ2v) is 9.32. The minimum atomic E-state index is -0.286. The molecule has 2 saturated heterocycles. The number of rotatable bonds is 6. The number of nitrogens with zero attached hydrogens (tertiary/aromatic N) is 5. The Labute approximate surface area is 205 Å². The molecule has 1 aromatic heterocycles. The van der Waals surface area contributed by atoms with Crippen LogP contribution >= 0.6 is 0 Å². The third-order valence-corrected chi connectivity index (χ3v) is 7.03. The molecule has 35 heavy (non-hydrogen) atoms. The first kappa shape index (κ1) is 23.2. The van der Waals surface area contributed by atoms with Gasteiger partial charge >= 0.3 is 0 Å². The van der Waals surface area contributed by atoms with Crippen molar-refractivity contribution in [1.82, 2.24) is 19.9 Å². The second-order valence-electron chi connectivity index (χ2n) is 9.32. The fourth-order valence-electron chi connectivity index (χ4n) is 5.01. The zero-order valence-electron chi connectivity index (χ0n) is 20.3. The Kier molecular flexibility index (Phi) is 6.63. The zero-order valence-corrected chi connectivity index (χ0v) is 20.3. The highest BCUT2D eigenvalue weighted by Gasteiger charge is 2.38. The van der Waals surface area contributed by atoms with Crippen LogP contribution in [0.2, 0.25) is 0 Å². The molecule has 0 N–H and O–H groups in total. The van der Waals surface area contributed by atoms with Gasteiger partial charge in [-0.05, 0) is 30.5 Å². The number of piperazine rings is 1. The topological polar surface area (TPSA) is 82.8 Å². The van der Waals surface area contributed by atoms with Crippen molar-refractivity contribution >= 4 is 17.5 Å². The molecule has 2 fully saturated rings. The minimum Gasteiger partial charge on any atom is -0.340 e. The van der Waals surface area contributed by atoms with Gasteiger partial charge in [0.1, 0.15) is 0 Å². The Bertz CT molecular complexity index is 1210. The maximum absolute atomic E-state index is 13.2. The number of hydrogen-bond donors (Lipinski definition) is 0. The van der Waals surface area contributed by atoms with Crippen molar-refractivity contribution in [2.75, 3.05) is 37.6 Å². The van der Waals surface area contributed by atoms with Crippen molar-refractivity contribution in [1.29, 1.82) is 0 Å². The van der Waals surface area contributed by atoms with Crippen LogP contribution in [-0.2, 0) is 22.6 Å². The van der Waals surface area contributed by atoms with Gasteiger partial charge < -0.3 is 14.3 Å². The number of para-hydroxylation sites is 1. The normalized spacial score (nSPS) is 18.9. The molecule has 0 aliphatic carbocycles. The first-order chi connectivity index (χ1) is 17.0. The largest absolute Gasteiger partial charge is 0.340 e. The van der Waals surface area contributed by atoms with Gasteiger partial charge in [0.25, 0.3) is 0 Å². The number of benzene rings is 2. The van der Waals surface area contributed by atoms with E-state index in [0.717, 1.165) is 41.9 Å². The molecule has 0 radical (unpaired) electrons. The van der Waals surface area contributed by atoms with E-state index in [1.807, 2.05) is 60.4 Å².